The summed E-state index contributed by atoms with van der Waals surface area (Å²) in [6.07, 6.45) is 4.58. The summed E-state index contributed by atoms with van der Waals surface area (Å²) in [5.41, 5.74) is 5.71. The van der Waals surface area contributed by atoms with Crippen molar-refractivity contribution in [2.45, 2.75) is 58.4 Å². The number of amides is 3. The lowest BCUT2D eigenvalue weighted by molar-refractivity contribution is -0.130. The molecule has 0 saturated heterocycles. The Balaban J connectivity index is 2.08. The Kier molecular flexibility index (Phi) is 9.92. The number of carbonyl (C=O) groups is 3. The van der Waals surface area contributed by atoms with Gasteiger partial charge in [-0.3, -0.25) is 25.2 Å². The molecule has 0 aliphatic heterocycles. The molecule has 1 rings (SSSR count). The zero-order valence-electron chi connectivity index (χ0n) is 14.3. The highest BCUT2D eigenvalue weighted by molar-refractivity contribution is 5.85. The summed E-state index contributed by atoms with van der Waals surface area (Å²) in [7, 11) is 0. The van der Waals surface area contributed by atoms with Gasteiger partial charge in [0, 0.05) is 25.8 Å². The average Bonchev–Trinajstić information content (AvgIpc) is 2.61. The molecular weight excluding hydrogens is 306 g/mol. The molecule has 0 spiro atoms. The third-order valence-corrected chi connectivity index (χ3v) is 3.51. The van der Waals surface area contributed by atoms with Crippen LogP contribution in [-0.4, -0.2) is 17.7 Å². The van der Waals surface area contributed by atoms with E-state index in [0.717, 1.165) is 31.2 Å². The number of hydrogen-bond acceptors (Lipinski definition) is 3. The minimum atomic E-state index is -0.369. The molecule has 0 aromatic heterocycles. The summed E-state index contributed by atoms with van der Waals surface area (Å²) in [6, 6.07) is 9.56. The molecule has 1 aromatic rings. The van der Waals surface area contributed by atoms with E-state index in [9.17, 15) is 14.4 Å². The maximum absolute atomic E-state index is 11.7. The predicted molar refractivity (Wildman–Crippen MR) is 92.6 cm³/mol. The Hall–Kier alpha value is -2.37. The first-order valence-corrected chi connectivity index (χ1v) is 8.50. The first-order valence-electron chi connectivity index (χ1n) is 8.50. The van der Waals surface area contributed by atoms with Gasteiger partial charge in [-0.2, -0.15) is 0 Å². The molecule has 6 nitrogen and oxygen atoms in total. The fraction of sp³-hybridized carbons (Fsp3) is 0.500. The van der Waals surface area contributed by atoms with Crippen LogP contribution in [0.5, 0.6) is 0 Å². The molecule has 0 bridgehead atoms. The van der Waals surface area contributed by atoms with Crippen molar-refractivity contribution in [3.8, 4) is 0 Å². The molecule has 3 amide bonds. The molecule has 132 valence electrons. The van der Waals surface area contributed by atoms with Gasteiger partial charge in [0.1, 0.15) is 0 Å². The second kappa shape index (κ2) is 12.1. The average molecular weight is 333 g/mol. The Morgan fingerprint density at radius 3 is 2.08 bits per heavy atom. The van der Waals surface area contributed by atoms with Crippen LogP contribution in [0.2, 0.25) is 0 Å². The maximum Gasteiger partial charge on any atom is 0.238 e. The molecule has 6 heteroatoms. The largest absolute Gasteiger partial charge is 0.352 e. The summed E-state index contributed by atoms with van der Waals surface area (Å²) in [5.74, 6) is -0.764. The van der Waals surface area contributed by atoms with Crippen molar-refractivity contribution in [3.05, 3.63) is 35.9 Å². The Bertz CT molecular complexity index is 518. The highest BCUT2D eigenvalue weighted by atomic mass is 16.2. The van der Waals surface area contributed by atoms with Gasteiger partial charge in [-0.05, 0) is 12.0 Å². The van der Waals surface area contributed by atoms with E-state index in [0.29, 0.717) is 13.0 Å². The molecule has 0 heterocycles. The van der Waals surface area contributed by atoms with E-state index in [4.69, 9.17) is 0 Å². The number of hydrazine groups is 1. The predicted octanol–water partition coefficient (Wildman–Crippen LogP) is 2.20. The molecule has 3 N–H and O–H groups in total. The van der Waals surface area contributed by atoms with E-state index in [2.05, 4.69) is 23.1 Å². The van der Waals surface area contributed by atoms with E-state index >= 15 is 0 Å². The minimum absolute atomic E-state index is 0.0384. The van der Waals surface area contributed by atoms with Gasteiger partial charge in [-0.15, -0.1) is 0 Å². The normalized spacial score (nSPS) is 10.0. The van der Waals surface area contributed by atoms with Crippen LogP contribution in [0.15, 0.2) is 30.3 Å². The van der Waals surface area contributed by atoms with Crippen molar-refractivity contribution in [2.24, 2.45) is 0 Å². The molecule has 0 aliphatic rings. The van der Waals surface area contributed by atoms with Crippen LogP contribution < -0.4 is 16.2 Å². The molecule has 0 aliphatic carbocycles. The standard InChI is InChI=1S/C18H27N3O3/c1-2-3-4-8-11-17(23)20-21-18(24)13-12-16(22)19-14-15-9-6-5-7-10-15/h5-7,9-10H,2-4,8,11-14H2,1H3,(H,19,22)(H,20,23)(H,21,24). The molecule has 0 saturated carbocycles. The molecule has 0 atom stereocenters. The van der Waals surface area contributed by atoms with Gasteiger partial charge in [0.25, 0.3) is 0 Å². The second-order valence-corrected chi connectivity index (χ2v) is 5.67. The second-order valence-electron chi connectivity index (χ2n) is 5.67. The van der Waals surface area contributed by atoms with Crippen LogP contribution in [0.1, 0.15) is 57.4 Å². The lowest BCUT2D eigenvalue weighted by atomic mass is 10.1. The summed E-state index contributed by atoms with van der Waals surface area (Å²) >= 11 is 0. The third-order valence-electron chi connectivity index (χ3n) is 3.51. The zero-order valence-corrected chi connectivity index (χ0v) is 14.3. The van der Waals surface area contributed by atoms with E-state index < -0.39 is 0 Å². The summed E-state index contributed by atoms with van der Waals surface area (Å²) in [6.45, 7) is 2.55. The third kappa shape index (κ3) is 9.61. The van der Waals surface area contributed by atoms with E-state index in [1.54, 1.807) is 0 Å². The number of rotatable bonds is 10. The van der Waals surface area contributed by atoms with Crippen LogP contribution in [0, 0.1) is 0 Å². The topological polar surface area (TPSA) is 87.3 Å². The molecule has 0 unspecified atom stereocenters. The van der Waals surface area contributed by atoms with Crippen LogP contribution in [0.3, 0.4) is 0 Å². The summed E-state index contributed by atoms with van der Waals surface area (Å²) in [4.78, 5) is 34.8. The van der Waals surface area contributed by atoms with Gasteiger partial charge in [0.15, 0.2) is 0 Å². The van der Waals surface area contributed by atoms with Crippen molar-refractivity contribution in [1.82, 2.24) is 16.2 Å². The van der Waals surface area contributed by atoms with Gasteiger partial charge < -0.3 is 5.32 Å². The van der Waals surface area contributed by atoms with Crippen molar-refractivity contribution in [1.29, 1.82) is 0 Å². The van der Waals surface area contributed by atoms with Crippen LogP contribution >= 0.6 is 0 Å². The van der Waals surface area contributed by atoms with Gasteiger partial charge in [0.05, 0.1) is 0 Å². The maximum atomic E-state index is 11.7. The van der Waals surface area contributed by atoms with Crippen molar-refractivity contribution in [2.75, 3.05) is 0 Å². The number of nitrogens with one attached hydrogen (secondary N) is 3. The number of hydrogen-bond donors (Lipinski definition) is 3. The fourth-order valence-electron chi connectivity index (χ4n) is 2.09. The van der Waals surface area contributed by atoms with Gasteiger partial charge >= 0.3 is 0 Å². The molecule has 0 radical (unpaired) electrons. The first kappa shape index (κ1) is 19.7. The van der Waals surface area contributed by atoms with E-state index in [1.165, 1.54) is 0 Å². The van der Waals surface area contributed by atoms with Crippen molar-refractivity contribution < 1.29 is 14.4 Å². The minimum Gasteiger partial charge on any atom is -0.352 e. The monoisotopic (exact) mass is 333 g/mol. The quantitative estimate of drug-likeness (QED) is 0.453. The van der Waals surface area contributed by atoms with Gasteiger partial charge in [-0.1, -0.05) is 56.5 Å². The van der Waals surface area contributed by atoms with E-state index in [1.807, 2.05) is 30.3 Å². The highest BCUT2D eigenvalue weighted by Crippen LogP contribution is 2.01. The first-order chi connectivity index (χ1) is 11.6. The van der Waals surface area contributed by atoms with Gasteiger partial charge in [0.2, 0.25) is 17.7 Å². The molecular formula is C18H27N3O3. The van der Waals surface area contributed by atoms with Crippen LogP contribution in [0.4, 0.5) is 0 Å². The lowest BCUT2D eigenvalue weighted by Gasteiger charge is -2.08. The molecule has 24 heavy (non-hydrogen) atoms. The Morgan fingerprint density at radius 2 is 1.42 bits per heavy atom. The lowest BCUT2D eigenvalue weighted by Crippen LogP contribution is -2.41. The molecule has 0 fully saturated rings. The van der Waals surface area contributed by atoms with Crippen molar-refractivity contribution in [3.63, 3.8) is 0 Å². The Morgan fingerprint density at radius 1 is 0.792 bits per heavy atom. The zero-order chi connectivity index (χ0) is 17.6. The highest BCUT2D eigenvalue weighted by Gasteiger charge is 2.08. The summed E-state index contributed by atoms with van der Waals surface area (Å²) < 4.78 is 0. The number of unbranched alkanes of at least 4 members (excludes halogenated alkanes) is 3. The fourth-order valence-corrected chi connectivity index (χ4v) is 2.09. The van der Waals surface area contributed by atoms with E-state index in [-0.39, 0.29) is 30.6 Å². The summed E-state index contributed by atoms with van der Waals surface area (Å²) in [5, 5.41) is 2.75. The SMILES string of the molecule is CCCCCCC(=O)NNC(=O)CCC(=O)NCc1ccccc1. The number of carbonyl (C=O) groups excluding carboxylic acids is 3. The smallest absolute Gasteiger partial charge is 0.238 e. The van der Waals surface area contributed by atoms with Crippen LogP contribution in [-0.2, 0) is 20.9 Å². The Labute approximate surface area is 143 Å². The van der Waals surface area contributed by atoms with Crippen LogP contribution in [0.25, 0.3) is 0 Å². The van der Waals surface area contributed by atoms with Crippen molar-refractivity contribution >= 4 is 17.7 Å². The molecule has 1 aromatic carbocycles. The van der Waals surface area contributed by atoms with Gasteiger partial charge in [-0.25, -0.2) is 0 Å². The number of benzene rings is 1.